The minimum absolute atomic E-state index is 0.319. The van der Waals surface area contributed by atoms with Crippen LogP contribution in [0.3, 0.4) is 0 Å². The van der Waals surface area contributed by atoms with E-state index < -0.39 is 6.04 Å². The van der Waals surface area contributed by atoms with Gasteiger partial charge in [0.05, 0.1) is 12.6 Å². The van der Waals surface area contributed by atoms with Crippen LogP contribution in [-0.2, 0) is 9.53 Å². The molecule has 1 heterocycles. The lowest BCUT2D eigenvalue weighted by Crippen LogP contribution is -2.18. The second-order valence-corrected chi connectivity index (χ2v) is 5.05. The Hall–Kier alpha value is -0.820. The molecule has 17 heavy (non-hydrogen) atoms. The fourth-order valence-electron chi connectivity index (χ4n) is 1.64. The first-order chi connectivity index (χ1) is 8.04. The molecule has 0 spiro atoms. The first-order valence-electron chi connectivity index (χ1n) is 4.95. The molecular weight excluding hydrogens is 354 g/mol. The number of benzene rings is 1. The van der Waals surface area contributed by atoms with Gasteiger partial charge in [-0.3, -0.25) is 0 Å². The second-order valence-electron chi connectivity index (χ2n) is 3.60. The number of halogens is 2. The smallest absolute Gasteiger partial charge is 0.330 e. The van der Waals surface area contributed by atoms with Gasteiger partial charge < -0.3 is 4.74 Å². The topological polar surface area (TPSA) is 44.1 Å². The van der Waals surface area contributed by atoms with Crippen LogP contribution in [0.15, 0.2) is 18.2 Å². The molecule has 4 nitrogen and oxygen atoms in total. The highest BCUT2D eigenvalue weighted by Gasteiger charge is 2.20. The van der Waals surface area contributed by atoms with E-state index in [1.54, 1.807) is 17.7 Å². The van der Waals surface area contributed by atoms with Crippen LogP contribution in [0, 0.1) is 3.70 Å². The van der Waals surface area contributed by atoms with Gasteiger partial charge in [-0.1, -0.05) is 11.6 Å². The number of carbonyl (C=O) groups excluding carboxylic acids is 1. The van der Waals surface area contributed by atoms with E-state index in [1.165, 1.54) is 7.11 Å². The molecule has 0 unspecified atom stereocenters. The number of ether oxygens (including phenoxy) is 1. The van der Waals surface area contributed by atoms with Gasteiger partial charge in [-0.2, -0.15) is 5.10 Å². The minimum atomic E-state index is -0.452. The second kappa shape index (κ2) is 4.81. The van der Waals surface area contributed by atoms with Crippen molar-refractivity contribution < 1.29 is 9.53 Å². The van der Waals surface area contributed by atoms with E-state index >= 15 is 0 Å². The number of esters is 1. The first-order valence-corrected chi connectivity index (χ1v) is 6.41. The summed E-state index contributed by atoms with van der Waals surface area (Å²) in [5.41, 5.74) is 0.872. The summed E-state index contributed by atoms with van der Waals surface area (Å²) in [6.07, 6.45) is 0. The van der Waals surface area contributed by atoms with Crippen LogP contribution in [0.2, 0.25) is 5.02 Å². The van der Waals surface area contributed by atoms with E-state index in [0.29, 0.717) is 5.02 Å². The molecule has 1 aromatic carbocycles. The average Bonchev–Trinajstić information content (AvgIpc) is 2.64. The normalized spacial score (nSPS) is 12.7. The summed E-state index contributed by atoms with van der Waals surface area (Å²) in [5.74, 6) is -0.319. The number of methoxy groups -OCH3 is 1. The van der Waals surface area contributed by atoms with Crippen molar-refractivity contribution in [3.8, 4) is 0 Å². The fourth-order valence-corrected chi connectivity index (χ4v) is 2.48. The molecule has 2 rings (SSSR count). The number of fused-ring (bicyclic) bond motifs is 1. The summed E-state index contributed by atoms with van der Waals surface area (Å²) in [5, 5.41) is 5.94. The number of nitrogens with zero attached hydrogens (tertiary/aromatic N) is 2. The van der Waals surface area contributed by atoms with Crippen molar-refractivity contribution in [3.63, 3.8) is 0 Å². The van der Waals surface area contributed by atoms with Crippen molar-refractivity contribution in [1.29, 1.82) is 0 Å². The van der Waals surface area contributed by atoms with E-state index in [0.717, 1.165) is 14.6 Å². The Balaban J connectivity index is 2.59. The van der Waals surface area contributed by atoms with Gasteiger partial charge in [-0.25, -0.2) is 9.48 Å². The molecule has 0 aliphatic heterocycles. The van der Waals surface area contributed by atoms with Crippen LogP contribution in [0.4, 0.5) is 0 Å². The maximum Gasteiger partial charge on any atom is 0.330 e. The molecule has 90 valence electrons. The van der Waals surface area contributed by atoms with Crippen LogP contribution in [0.5, 0.6) is 0 Å². The summed E-state index contributed by atoms with van der Waals surface area (Å²) in [6.45, 7) is 1.75. The largest absolute Gasteiger partial charge is 0.467 e. The van der Waals surface area contributed by atoms with Crippen molar-refractivity contribution in [3.05, 3.63) is 26.9 Å². The van der Waals surface area contributed by atoms with Crippen molar-refractivity contribution in [1.82, 2.24) is 9.78 Å². The first kappa shape index (κ1) is 12.6. The van der Waals surface area contributed by atoms with E-state index in [1.807, 2.05) is 12.1 Å². The van der Waals surface area contributed by atoms with Gasteiger partial charge in [-0.15, -0.1) is 0 Å². The van der Waals surface area contributed by atoms with Gasteiger partial charge in [0.2, 0.25) is 0 Å². The fraction of sp³-hybridized carbons (Fsp3) is 0.273. The minimum Gasteiger partial charge on any atom is -0.467 e. The van der Waals surface area contributed by atoms with Gasteiger partial charge in [0.15, 0.2) is 0 Å². The maximum atomic E-state index is 11.5. The molecule has 2 aromatic rings. The third-order valence-electron chi connectivity index (χ3n) is 2.53. The van der Waals surface area contributed by atoms with Crippen LogP contribution >= 0.6 is 34.2 Å². The van der Waals surface area contributed by atoms with Gasteiger partial charge in [0.25, 0.3) is 0 Å². The molecule has 0 N–H and O–H groups in total. The average molecular weight is 365 g/mol. The summed E-state index contributed by atoms with van der Waals surface area (Å²) in [6, 6.07) is 5.02. The zero-order valence-corrected chi connectivity index (χ0v) is 12.2. The Bertz CT molecular complexity index is 582. The van der Waals surface area contributed by atoms with E-state index in [9.17, 15) is 4.79 Å². The zero-order chi connectivity index (χ0) is 12.6. The molecule has 6 heteroatoms. The molecule has 0 radical (unpaired) electrons. The quantitative estimate of drug-likeness (QED) is 0.608. The monoisotopic (exact) mass is 364 g/mol. The standard InChI is InChI=1S/C11H10ClIN2O2/c1-6(11(16)17-2)15-9-4-3-7(12)5-8(9)10(13)14-15/h3-6H,1-2H3/t6-/m1/s1. The van der Waals surface area contributed by atoms with Gasteiger partial charge >= 0.3 is 5.97 Å². The number of hydrogen-bond acceptors (Lipinski definition) is 3. The Morgan fingerprint density at radius 3 is 2.94 bits per heavy atom. The summed E-state index contributed by atoms with van der Waals surface area (Å²) in [7, 11) is 1.37. The highest BCUT2D eigenvalue weighted by atomic mass is 127. The molecule has 1 atom stereocenters. The molecule has 1 aromatic heterocycles. The third-order valence-corrected chi connectivity index (χ3v) is 3.56. The zero-order valence-electron chi connectivity index (χ0n) is 9.28. The van der Waals surface area contributed by atoms with E-state index in [-0.39, 0.29) is 5.97 Å². The van der Waals surface area contributed by atoms with Crippen molar-refractivity contribution >= 4 is 51.1 Å². The van der Waals surface area contributed by atoms with Crippen molar-refractivity contribution in [2.24, 2.45) is 0 Å². The van der Waals surface area contributed by atoms with Crippen LogP contribution in [0.1, 0.15) is 13.0 Å². The van der Waals surface area contributed by atoms with E-state index in [2.05, 4.69) is 27.7 Å². The molecule has 0 saturated heterocycles. The maximum absolute atomic E-state index is 11.5. The Morgan fingerprint density at radius 2 is 2.29 bits per heavy atom. The van der Waals surface area contributed by atoms with Gasteiger partial charge in [0, 0.05) is 10.4 Å². The summed E-state index contributed by atoms with van der Waals surface area (Å²) in [4.78, 5) is 11.5. The lowest BCUT2D eigenvalue weighted by atomic mass is 10.2. The van der Waals surface area contributed by atoms with Crippen LogP contribution in [-0.4, -0.2) is 22.9 Å². The number of carbonyl (C=O) groups is 1. The van der Waals surface area contributed by atoms with Crippen molar-refractivity contribution in [2.75, 3.05) is 7.11 Å². The van der Waals surface area contributed by atoms with Gasteiger partial charge in [-0.05, 0) is 47.7 Å². The summed E-state index contributed by atoms with van der Waals surface area (Å²) >= 11 is 8.06. The lowest BCUT2D eigenvalue weighted by Gasteiger charge is -2.10. The highest BCUT2D eigenvalue weighted by molar-refractivity contribution is 14.1. The Morgan fingerprint density at radius 1 is 1.59 bits per heavy atom. The number of hydrogen-bond donors (Lipinski definition) is 0. The molecule has 0 aliphatic rings. The van der Waals surface area contributed by atoms with Gasteiger partial charge in [0.1, 0.15) is 9.74 Å². The number of rotatable bonds is 2. The molecule has 0 saturated carbocycles. The SMILES string of the molecule is COC(=O)[C@@H](C)n1nc(I)c2cc(Cl)ccc21. The highest BCUT2D eigenvalue weighted by Crippen LogP contribution is 2.26. The van der Waals surface area contributed by atoms with Crippen LogP contribution in [0.25, 0.3) is 10.9 Å². The molecule has 0 fully saturated rings. The predicted octanol–water partition coefficient (Wildman–Crippen LogP) is 3.03. The molecular formula is C11H10ClIN2O2. The number of aromatic nitrogens is 2. The Labute approximate surface area is 117 Å². The lowest BCUT2D eigenvalue weighted by molar-refractivity contribution is -0.144. The van der Waals surface area contributed by atoms with Crippen LogP contribution < -0.4 is 0 Å². The molecule has 0 aliphatic carbocycles. The Kier molecular flexibility index (Phi) is 3.58. The summed E-state index contributed by atoms with van der Waals surface area (Å²) < 4.78 is 7.19. The van der Waals surface area contributed by atoms with Crippen molar-refractivity contribution in [2.45, 2.75) is 13.0 Å². The molecule has 0 bridgehead atoms. The van der Waals surface area contributed by atoms with E-state index in [4.69, 9.17) is 16.3 Å². The third kappa shape index (κ3) is 2.26. The molecule has 0 amide bonds. The predicted molar refractivity (Wildman–Crippen MR) is 74.2 cm³/mol.